The van der Waals surface area contributed by atoms with Gasteiger partial charge in [-0.1, -0.05) is 20.8 Å². The molecule has 0 aromatic heterocycles. The molecule has 3 nitrogen and oxygen atoms in total. The van der Waals surface area contributed by atoms with Crippen LogP contribution in [0.3, 0.4) is 0 Å². The average Bonchev–Trinajstić information content (AvgIpc) is 2.51. The Morgan fingerprint density at radius 1 is 1.16 bits per heavy atom. The third-order valence-electron chi connectivity index (χ3n) is 4.19. The van der Waals surface area contributed by atoms with Crippen molar-refractivity contribution in [3.8, 4) is 5.75 Å². The minimum Gasteiger partial charge on any atom is -0.543 e. The lowest BCUT2D eigenvalue weighted by Crippen LogP contribution is -2.43. The van der Waals surface area contributed by atoms with Crippen molar-refractivity contribution in [2.75, 3.05) is 18.4 Å². The second-order valence-electron chi connectivity index (χ2n) is 6.78. The Morgan fingerprint density at radius 3 is 2.58 bits per heavy atom. The molecule has 0 unspecified atom stereocenters. The van der Waals surface area contributed by atoms with Gasteiger partial charge < -0.3 is 15.1 Å². The van der Waals surface area contributed by atoms with E-state index in [0.717, 1.165) is 25.4 Å². The third-order valence-corrected chi connectivity index (χ3v) is 8.55. The Kier molecular flexibility index (Phi) is 3.92. The van der Waals surface area contributed by atoms with E-state index in [1.165, 1.54) is 11.3 Å². The molecule has 0 radical (unpaired) electrons. The van der Waals surface area contributed by atoms with Gasteiger partial charge in [-0.3, -0.25) is 0 Å². The van der Waals surface area contributed by atoms with E-state index < -0.39 is 8.32 Å². The number of hydrogen-bond acceptors (Lipinski definition) is 3. The zero-order valence-electron chi connectivity index (χ0n) is 12.8. The van der Waals surface area contributed by atoms with E-state index in [-0.39, 0.29) is 5.04 Å². The van der Waals surface area contributed by atoms with Crippen molar-refractivity contribution in [2.45, 2.75) is 45.4 Å². The number of nitrogens with one attached hydrogen (secondary N) is 2. The molecule has 4 heteroatoms. The maximum atomic E-state index is 6.36. The third kappa shape index (κ3) is 3.31. The van der Waals surface area contributed by atoms with Crippen molar-refractivity contribution in [2.24, 2.45) is 0 Å². The smallest absolute Gasteiger partial charge is 0.250 e. The Balaban J connectivity index is 2.21. The van der Waals surface area contributed by atoms with Gasteiger partial charge in [0.05, 0.1) is 0 Å². The van der Waals surface area contributed by atoms with E-state index >= 15 is 0 Å². The van der Waals surface area contributed by atoms with E-state index in [1.54, 1.807) is 0 Å². The first kappa shape index (κ1) is 14.4. The summed E-state index contributed by atoms with van der Waals surface area (Å²) in [7, 11) is -1.74. The van der Waals surface area contributed by atoms with Crippen LogP contribution >= 0.6 is 0 Å². The summed E-state index contributed by atoms with van der Waals surface area (Å²) in [6.45, 7) is 14.3. The molecule has 0 saturated carbocycles. The fraction of sp³-hybridized carbons (Fsp3) is 0.600. The maximum absolute atomic E-state index is 6.36. The van der Waals surface area contributed by atoms with Gasteiger partial charge in [-0.2, -0.15) is 0 Å². The number of benzene rings is 1. The number of rotatable bonds is 2. The van der Waals surface area contributed by atoms with E-state index in [9.17, 15) is 0 Å². The summed E-state index contributed by atoms with van der Waals surface area (Å²) in [5.74, 6) is 1.01. The molecule has 19 heavy (non-hydrogen) atoms. The van der Waals surface area contributed by atoms with Gasteiger partial charge in [0, 0.05) is 25.3 Å². The first-order chi connectivity index (χ1) is 8.79. The highest BCUT2D eigenvalue weighted by atomic mass is 28.4. The van der Waals surface area contributed by atoms with Crippen LogP contribution in [0.2, 0.25) is 18.1 Å². The minimum atomic E-state index is -1.74. The molecule has 0 fully saturated rings. The molecule has 106 valence electrons. The second kappa shape index (κ2) is 5.17. The fourth-order valence-corrected chi connectivity index (χ4v) is 2.93. The van der Waals surface area contributed by atoms with Crippen LogP contribution in [-0.2, 0) is 6.54 Å². The van der Waals surface area contributed by atoms with Crippen molar-refractivity contribution >= 4 is 14.0 Å². The van der Waals surface area contributed by atoms with Gasteiger partial charge >= 0.3 is 0 Å². The largest absolute Gasteiger partial charge is 0.543 e. The topological polar surface area (TPSA) is 33.3 Å². The summed E-state index contributed by atoms with van der Waals surface area (Å²) in [5, 5.41) is 7.09. The molecule has 1 aliphatic rings. The van der Waals surface area contributed by atoms with Crippen LogP contribution in [0.4, 0.5) is 5.69 Å². The summed E-state index contributed by atoms with van der Waals surface area (Å²) in [4.78, 5) is 0. The Bertz CT molecular complexity index is 452. The van der Waals surface area contributed by atoms with Gasteiger partial charge in [-0.15, -0.1) is 0 Å². The molecule has 1 aromatic carbocycles. The van der Waals surface area contributed by atoms with Crippen molar-refractivity contribution in [3.63, 3.8) is 0 Å². The van der Waals surface area contributed by atoms with Gasteiger partial charge in [0.1, 0.15) is 5.75 Å². The molecule has 1 aromatic rings. The van der Waals surface area contributed by atoms with Gasteiger partial charge in [0.25, 0.3) is 0 Å². The molecule has 0 bridgehead atoms. The van der Waals surface area contributed by atoms with Gasteiger partial charge in [-0.25, -0.2) is 0 Å². The standard InChI is InChI=1S/C15H26N2OSi/c1-15(2,3)19(4,5)18-13-6-7-14-12(10-13)11-16-8-9-17-14/h6-7,10,16-17H,8-9,11H2,1-5H3. The summed E-state index contributed by atoms with van der Waals surface area (Å²) >= 11 is 0. The molecule has 0 aliphatic carbocycles. The molecule has 1 aliphatic heterocycles. The van der Waals surface area contributed by atoms with E-state index in [0.29, 0.717) is 0 Å². The van der Waals surface area contributed by atoms with Crippen LogP contribution in [-0.4, -0.2) is 21.4 Å². The second-order valence-corrected chi connectivity index (χ2v) is 11.5. The van der Waals surface area contributed by atoms with Crippen LogP contribution in [0, 0.1) is 0 Å². The predicted molar refractivity (Wildman–Crippen MR) is 84.5 cm³/mol. The SMILES string of the molecule is CC(C)(C)[Si](C)(C)Oc1ccc2c(c1)CNCCN2. The van der Waals surface area contributed by atoms with Crippen LogP contribution in [0.5, 0.6) is 5.75 Å². The van der Waals surface area contributed by atoms with Crippen molar-refractivity contribution in [1.29, 1.82) is 0 Å². The molecule has 1 heterocycles. The van der Waals surface area contributed by atoms with Crippen molar-refractivity contribution < 1.29 is 4.43 Å². The Labute approximate surface area is 117 Å². The molecular weight excluding hydrogens is 252 g/mol. The molecule has 0 spiro atoms. The van der Waals surface area contributed by atoms with Gasteiger partial charge in [0.2, 0.25) is 8.32 Å². The van der Waals surface area contributed by atoms with Gasteiger partial charge in [0.15, 0.2) is 0 Å². The number of fused-ring (bicyclic) bond motifs is 1. The molecule has 0 atom stereocenters. The first-order valence-corrected chi connectivity index (χ1v) is 9.97. The lowest BCUT2D eigenvalue weighted by molar-refractivity contribution is 0.491. The van der Waals surface area contributed by atoms with Crippen molar-refractivity contribution in [1.82, 2.24) is 5.32 Å². The van der Waals surface area contributed by atoms with Gasteiger partial charge in [-0.05, 0) is 41.9 Å². The highest BCUT2D eigenvalue weighted by Gasteiger charge is 2.39. The summed E-state index contributed by atoms with van der Waals surface area (Å²) < 4.78 is 6.36. The normalized spacial score (nSPS) is 16.3. The van der Waals surface area contributed by atoms with Crippen LogP contribution < -0.4 is 15.1 Å². The van der Waals surface area contributed by atoms with Crippen LogP contribution in [0.15, 0.2) is 18.2 Å². The van der Waals surface area contributed by atoms with E-state index in [4.69, 9.17) is 4.43 Å². The molecule has 0 saturated heterocycles. The highest BCUT2D eigenvalue weighted by Crippen LogP contribution is 2.38. The summed E-state index contributed by atoms with van der Waals surface area (Å²) in [5.41, 5.74) is 2.53. The quantitative estimate of drug-likeness (QED) is 0.811. The Hall–Kier alpha value is -1.00. The lowest BCUT2D eigenvalue weighted by atomic mass is 10.1. The van der Waals surface area contributed by atoms with E-state index in [1.807, 2.05) is 0 Å². The first-order valence-electron chi connectivity index (χ1n) is 7.06. The molecular formula is C15H26N2OSi. The lowest BCUT2D eigenvalue weighted by Gasteiger charge is -2.36. The zero-order valence-corrected chi connectivity index (χ0v) is 13.8. The molecule has 2 rings (SSSR count). The highest BCUT2D eigenvalue weighted by molar-refractivity contribution is 6.74. The Morgan fingerprint density at radius 2 is 1.89 bits per heavy atom. The maximum Gasteiger partial charge on any atom is 0.250 e. The number of hydrogen-bond donors (Lipinski definition) is 2. The summed E-state index contributed by atoms with van der Waals surface area (Å²) in [6, 6.07) is 6.42. The summed E-state index contributed by atoms with van der Waals surface area (Å²) in [6.07, 6.45) is 0. The van der Waals surface area contributed by atoms with Crippen LogP contribution in [0.1, 0.15) is 26.3 Å². The monoisotopic (exact) mass is 278 g/mol. The fourth-order valence-electron chi connectivity index (χ4n) is 1.91. The predicted octanol–water partition coefficient (Wildman–Crippen LogP) is 3.59. The van der Waals surface area contributed by atoms with Crippen molar-refractivity contribution in [3.05, 3.63) is 23.8 Å². The number of anilines is 1. The van der Waals surface area contributed by atoms with Crippen LogP contribution in [0.25, 0.3) is 0 Å². The molecule has 2 N–H and O–H groups in total. The van der Waals surface area contributed by atoms with E-state index in [2.05, 4.69) is 62.7 Å². The average molecular weight is 278 g/mol. The zero-order chi connectivity index (χ0) is 14.1. The minimum absolute atomic E-state index is 0.232. The molecule has 0 amide bonds.